The van der Waals surface area contributed by atoms with Gasteiger partial charge in [0.05, 0.1) is 6.10 Å². The number of aliphatic hydroxyl groups is 1. The Labute approximate surface area is 83.2 Å². The van der Waals surface area contributed by atoms with Crippen molar-refractivity contribution in [2.24, 2.45) is 5.92 Å². The van der Waals surface area contributed by atoms with Crippen LogP contribution in [0.25, 0.3) is 0 Å². The van der Waals surface area contributed by atoms with E-state index in [1.54, 1.807) is 0 Å². The number of nitrogens with zero attached hydrogens (tertiary/aromatic N) is 1. The fourth-order valence-corrected chi connectivity index (χ4v) is 1.25. The predicted octanol–water partition coefficient (Wildman–Crippen LogP) is 0.318. The van der Waals surface area contributed by atoms with Crippen molar-refractivity contribution in [1.29, 1.82) is 0 Å². The van der Waals surface area contributed by atoms with Crippen LogP contribution in [-0.2, 0) is 9.59 Å². The molecule has 2 amide bonds. The van der Waals surface area contributed by atoms with Gasteiger partial charge in [-0.1, -0.05) is 13.8 Å². The van der Waals surface area contributed by atoms with Crippen LogP contribution in [0.15, 0.2) is 12.2 Å². The third-order valence-electron chi connectivity index (χ3n) is 2.32. The normalized spacial score (nSPS) is 18.4. The van der Waals surface area contributed by atoms with E-state index < -0.39 is 6.10 Å². The van der Waals surface area contributed by atoms with E-state index in [1.807, 2.05) is 13.8 Å². The highest BCUT2D eigenvalue weighted by atomic mass is 16.3. The second kappa shape index (κ2) is 4.37. The minimum absolute atomic E-state index is 0.149. The Morgan fingerprint density at radius 1 is 1.29 bits per heavy atom. The standard InChI is InChI=1S/C10H15NO3/c1-7(2)8(12)5-6-11-9(13)3-4-10(11)14/h3-4,7-8,12H,5-6H2,1-2H3. The van der Waals surface area contributed by atoms with Gasteiger partial charge in [0.15, 0.2) is 0 Å². The van der Waals surface area contributed by atoms with E-state index in [4.69, 9.17) is 0 Å². The lowest BCUT2D eigenvalue weighted by Crippen LogP contribution is -2.33. The first kappa shape index (κ1) is 10.9. The molecule has 0 bridgehead atoms. The largest absolute Gasteiger partial charge is 0.393 e. The van der Waals surface area contributed by atoms with Crippen molar-refractivity contribution in [1.82, 2.24) is 4.90 Å². The van der Waals surface area contributed by atoms with E-state index in [0.717, 1.165) is 4.90 Å². The Kier molecular flexibility index (Phi) is 3.41. The molecule has 0 saturated carbocycles. The summed E-state index contributed by atoms with van der Waals surface area (Å²) in [6.45, 7) is 4.09. The number of hydrogen-bond donors (Lipinski definition) is 1. The molecule has 0 aromatic carbocycles. The zero-order chi connectivity index (χ0) is 10.7. The highest BCUT2D eigenvalue weighted by Gasteiger charge is 2.23. The Balaban J connectivity index is 2.39. The first-order chi connectivity index (χ1) is 6.52. The van der Waals surface area contributed by atoms with Crippen LogP contribution in [0.1, 0.15) is 20.3 Å². The maximum atomic E-state index is 11.1. The van der Waals surface area contributed by atoms with E-state index >= 15 is 0 Å². The van der Waals surface area contributed by atoms with E-state index in [2.05, 4.69) is 0 Å². The zero-order valence-electron chi connectivity index (χ0n) is 8.43. The summed E-state index contributed by atoms with van der Waals surface area (Å²) < 4.78 is 0. The van der Waals surface area contributed by atoms with Crippen molar-refractivity contribution in [2.75, 3.05) is 6.54 Å². The molecule has 1 N–H and O–H groups in total. The molecular weight excluding hydrogens is 182 g/mol. The van der Waals surface area contributed by atoms with E-state index in [0.29, 0.717) is 13.0 Å². The molecule has 4 nitrogen and oxygen atoms in total. The second-order valence-electron chi connectivity index (χ2n) is 3.76. The molecule has 78 valence electrons. The summed E-state index contributed by atoms with van der Waals surface area (Å²) >= 11 is 0. The topological polar surface area (TPSA) is 57.6 Å². The van der Waals surface area contributed by atoms with E-state index in [9.17, 15) is 14.7 Å². The van der Waals surface area contributed by atoms with Crippen LogP contribution in [0.3, 0.4) is 0 Å². The van der Waals surface area contributed by atoms with Crippen LogP contribution >= 0.6 is 0 Å². The molecule has 14 heavy (non-hydrogen) atoms. The summed E-state index contributed by atoms with van der Waals surface area (Å²) in [6, 6.07) is 0. The third-order valence-corrected chi connectivity index (χ3v) is 2.32. The highest BCUT2D eigenvalue weighted by molar-refractivity contribution is 6.12. The molecular formula is C10H15NO3. The van der Waals surface area contributed by atoms with Gasteiger partial charge in [-0.2, -0.15) is 0 Å². The number of aliphatic hydroxyl groups excluding tert-OH is 1. The lowest BCUT2D eigenvalue weighted by atomic mass is 10.0. The molecule has 0 aromatic rings. The van der Waals surface area contributed by atoms with Crippen LogP contribution in [0.2, 0.25) is 0 Å². The molecule has 1 aliphatic rings. The van der Waals surface area contributed by atoms with Gasteiger partial charge >= 0.3 is 0 Å². The average Bonchev–Trinajstić information content (AvgIpc) is 2.43. The molecule has 0 spiro atoms. The lowest BCUT2D eigenvalue weighted by Gasteiger charge is -2.18. The lowest BCUT2D eigenvalue weighted by molar-refractivity contribution is -0.137. The zero-order valence-corrected chi connectivity index (χ0v) is 8.43. The van der Waals surface area contributed by atoms with Crippen molar-refractivity contribution in [2.45, 2.75) is 26.4 Å². The number of rotatable bonds is 4. The molecule has 0 fully saturated rings. The SMILES string of the molecule is CC(C)C(O)CCN1C(=O)C=CC1=O. The first-order valence-corrected chi connectivity index (χ1v) is 4.74. The minimum Gasteiger partial charge on any atom is -0.393 e. The Morgan fingerprint density at radius 3 is 2.21 bits per heavy atom. The summed E-state index contributed by atoms with van der Waals surface area (Å²) in [5, 5.41) is 9.49. The smallest absolute Gasteiger partial charge is 0.253 e. The fourth-order valence-electron chi connectivity index (χ4n) is 1.25. The summed E-state index contributed by atoms with van der Waals surface area (Å²) in [6.07, 6.45) is 2.49. The van der Waals surface area contributed by atoms with Crippen molar-refractivity contribution in [3.63, 3.8) is 0 Å². The van der Waals surface area contributed by atoms with Crippen molar-refractivity contribution >= 4 is 11.8 Å². The molecule has 1 atom stereocenters. The first-order valence-electron chi connectivity index (χ1n) is 4.74. The van der Waals surface area contributed by atoms with Gasteiger partial charge < -0.3 is 5.11 Å². The molecule has 0 aliphatic carbocycles. The van der Waals surface area contributed by atoms with E-state index in [-0.39, 0.29) is 17.7 Å². The Morgan fingerprint density at radius 2 is 1.79 bits per heavy atom. The van der Waals surface area contributed by atoms with Crippen LogP contribution in [0.4, 0.5) is 0 Å². The third kappa shape index (κ3) is 2.42. The number of imide groups is 1. The van der Waals surface area contributed by atoms with Crippen molar-refractivity contribution < 1.29 is 14.7 Å². The highest BCUT2D eigenvalue weighted by Crippen LogP contribution is 2.09. The number of amides is 2. The minimum atomic E-state index is -0.462. The van der Waals surface area contributed by atoms with Gasteiger partial charge in [0.2, 0.25) is 0 Å². The van der Waals surface area contributed by atoms with Crippen LogP contribution in [0, 0.1) is 5.92 Å². The maximum Gasteiger partial charge on any atom is 0.253 e. The van der Waals surface area contributed by atoms with Gasteiger partial charge in [0.25, 0.3) is 11.8 Å². The monoisotopic (exact) mass is 197 g/mol. The Bertz CT molecular complexity index is 253. The maximum absolute atomic E-state index is 11.1. The van der Waals surface area contributed by atoms with Gasteiger partial charge in [-0.25, -0.2) is 0 Å². The summed E-state index contributed by atoms with van der Waals surface area (Å²) in [7, 11) is 0. The van der Waals surface area contributed by atoms with Crippen molar-refractivity contribution in [3.05, 3.63) is 12.2 Å². The van der Waals surface area contributed by atoms with Gasteiger partial charge in [-0.05, 0) is 12.3 Å². The summed E-state index contributed by atoms with van der Waals surface area (Å²) in [4.78, 5) is 23.4. The molecule has 0 radical (unpaired) electrons. The molecule has 0 aromatic heterocycles. The average molecular weight is 197 g/mol. The predicted molar refractivity (Wildman–Crippen MR) is 51.3 cm³/mol. The molecule has 1 heterocycles. The molecule has 1 aliphatic heterocycles. The fraction of sp³-hybridized carbons (Fsp3) is 0.600. The number of carbonyl (C=O) groups excluding carboxylic acids is 2. The van der Waals surface area contributed by atoms with Gasteiger partial charge in [-0.15, -0.1) is 0 Å². The van der Waals surface area contributed by atoms with Crippen LogP contribution < -0.4 is 0 Å². The number of hydrogen-bond acceptors (Lipinski definition) is 3. The molecule has 0 saturated heterocycles. The van der Waals surface area contributed by atoms with Gasteiger partial charge in [0, 0.05) is 18.7 Å². The molecule has 1 unspecified atom stereocenters. The molecule has 1 rings (SSSR count). The van der Waals surface area contributed by atoms with Crippen molar-refractivity contribution in [3.8, 4) is 0 Å². The summed E-state index contributed by atoms with van der Waals surface area (Å²) in [5.74, 6) is -0.423. The Hall–Kier alpha value is -1.16. The van der Waals surface area contributed by atoms with Gasteiger partial charge in [-0.3, -0.25) is 14.5 Å². The van der Waals surface area contributed by atoms with E-state index in [1.165, 1.54) is 12.2 Å². The number of carbonyl (C=O) groups is 2. The van der Waals surface area contributed by atoms with Crippen LogP contribution in [-0.4, -0.2) is 34.5 Å². The summed E-state index contributed by atoms with van der Waals surface area (Å²) in [5.41, 5.74) is 0. The van der Waals surface area contributed by atoms with Crippen LogP contribution in [0.5, 0.6) is 0 Å². The quantitative estimate of drug-likeness (QED) is 0.660. The molecule has 4 heteroatoms. The second-order valence-corrected chi connectivity index (χ2v) is 3.76. The van der Waals surface area contributed by atoms with Gasteiger partial charge in [0.1, 0.15) is 0 Å².